The van der Waals surface area contributed by atoms with Crippen molar-refractivity contribution in [2.45, 2.75) is 38.1 Å². The highest BCUT2D eigenvalue weighted by molar-refractivity contribution is 9.10. The number of nitrogens with zero attached hydrogens (tertiary/aromatic N) is 1. The first-order valence-electron chi connectivity index (χ1n) is 6.96. The molecular formula is C15H18BrNO4. The summed E-state index contributed by atoms with van der Waals surface area (Å²) in [4.78, 5) is 25.8. The summed E-state index contributed by atoms with van der Waals surface area (Å²) in [6.45, 7) is 2.35. The van der Waals surface area contributed by atoms with Crippen molar-refractivity contribution in [2.75, 3.05) is 6.54 Å². The molecule has 0 aliphatic carbocycles. The third-order valence-corrected chi connectivity index (χ3v) is 4.66. The van der Waals surface area contributed by atoms with Crippen LogP contribution < -0.4 is 0 Å². The van der Waals surface area contributed by atoms with Gasteiger partial charge in [-0.1, -0.05) is 13.3 Å². The fourth-order valence-corrected chi connectivity index (χ4v) is 3.23. The van der Waals surface area contributed by atoms with Crippen LogP contribution >= 0.6 is 15.9 Å². The summed E-state index contributed by atoms with van der Waals surface area (Å²) in [7, 11) is 0. The van der Waals surface area contributed by atoms with Gasteiger partial charge in [-0.25, -0.2) is 4.79 Å². The van der Waals surface area contributed by atoms with E-state index in [1.54, 1.807) is 12.1 Å². The van der Waals surface area contributed by atoms with Crippen LogP contribution in [0.3, 0.4) is 0 Å². The van der Waals surface area contributed by atoms with Crippen LogP contribution in [0, 0.1) is 0 Å². The zero-order valence-electron chi connectivity index (χ0n) is 11.8. The van der Waals surface area contributed by atoms with Crippen LogP contribution in [-0.4, -0.2) is 39.1 Å². The van der Waals surface area contributed by atoms with Crippen molar-refractivity contribution in [3.8, 4) is 5.75 Å². The number of aliphatic carboxylic acids is 1. The lowest BCUT2D eigenvalue weighted by atomic mass is 9.90. The Morgan fingerprint density at radius 2 is 2.14 bits per heavy atom. The van der Waals surface area contributed by atoms with Crippen LogP contribution in [0.25, 0.3) is 0 Å². The Hall–Kier alpha value is -1.56. The van der Waals surface area contributed by atoms with E-state index in [1.165, 1.54) is 11.0 Å². The minimum Gasteiger partial charge on any atom is -0.507 e. The van der Waals surface area contributed by atoms with Gasteiger partial charge in [-0.3, -0.25) is 4.79 Å². The molecule has 0 radical (unpaired) electrons. The monoisotopic (exact) mass is 355 g/mol. The molecule has 1 fully saturated rings. The predicted molar refractivity (Wildman–Crippen MR) is 81.4 cm³/mol. The number of carboxylic acids is 1. The van der Waals surface area contributed by atoms with Crippen LogP contribution in [0.4, 0.5) is 0 Å². The van der Waals surface area contributed by atoms with Crippen molar-refractivity contribution in [3.05, 3.63) is 28.2 Å². The third kappa shape index (κ3) is 2.77. The Labute approximate surface area is 131 Å². The van der Waals surface area contributed by atoms with Gasteiger partial charge in [0, 0.05) is 12.1 Å². The largest absolute Gasteiger partial charge is 0.507 e. The summed E-state index contributed by atoms with van der Waals surface area (Å²) in [5.41, 5.74) is -0.812. The number of carbonyl (C=O) groups is 2. The summed E-state index contributed by atoms with van der Waals surface area (Å²) in [6, 6.07) is 4.53. The van der Waals surface area contributed by atoms with Crippen LogP contribution in [0.15, 0.2) is 22.7 Å². The molecule has 2 rings (SSSR count). The number of halogens is 1. The average Bonchev–Trinajstić information content (AvgIpc) is 2.86. The van der Waals surface area contributed by atoms with Crippen molar-refractivity contribution >= 4 is 27.8 Å². The topological polar surface area (TPSA) is 77.8 Å². The maximum atomic E-state index is 12.6. The second-order valence-corrected chi connectivity index (χ2v) is 6.17. The molecule has 6 heteroatoms. The summed E-state index contributed by atoms with van der Waals surface area (Å²) in [5.74, 6) is -1.32. The molecule has 0 bridgehead atoms. The lowest BCUT2D eigenvalue weighted by Gasteiger charge is -2.34. The van der Waals surface area contributed by atoms with E-state index < -0.39 is 11.5 Å². The molecule has 0 saturated carbocycles. The SMILES string of the molecule is CCCC1(C(=O)O)CCCN1C(=O)c1ccc(Br)c(O)c1. The molecule has 1 unspecified atom stereocenters. The smallest absolute Gasteiger partial charge is 0.329 e. The zero-order valence-corrected chi connectivity index (χ0v) is 13.4. The van der Waals surface area contributed by atoms with E-state index in [0.29, 0.717) is 42.3 Å². The van der Waals surface area contributed by atoms with E-state index in [0.717, 1.165) is 0 Å². The molecule has 1 heterocycles. The fourth-order valence-electron chi connectivity index (χ4n) is 2.98. The predicted octanol–water partition coefficient (Wildman–Crippen LogP) is 3.01. The average molecular weight is 356 g/mol. The van der Waals surface area contributed by atoms with Crippen molar-refractivity contribution in [2.24, 2.45) is 0 Å². The molecule has 1 aliphatic rings. The molecule has 1 aliphatic heterocycles. The Morgan fingerprint density at radius 1 is 1.43 bits per heavy atom. The summed E-state index contributed by atoms with van der Waals surface area (Å²) < 4.78 is 0.499. The first kappa shape index (κ1) is 15.8. The van der Waals surface area contributed by atoms with Crippen LogP contribution in [0.2, 0.25) is 0 Å². The standard InChI is InChI=1S/C15H18BrNO4/c1-2-6-15(14(20)21)7-3-8-17(15)13(19)10-4-5-11(16)12(18)9-10/h4-5,9,18H,2-3,6-8H2,1H3,(H,20,21). The van der Waals surface area contributed by atoms with Gasteiger partial charge >= 0.3 is 5.97 Å². The highest BCUT2D eigenvalue weighted by Gasteiger charge is 2.49. The van der Waals surface area contributed by atoms with Gasteiger partial charge in [0.25, 0.3) is 5.91 Å². The first-order chi connectivity index (χ1) is 9.92. The molecule has 5 nitrogen and oxygen atoms in total. The van der Waals surface area contributed by atoms with Crippen molar-refractivity contribution in [1.82, 2.24) is 4.90 Å². The molecule has 2 N–H and O–H groups in total. The number of aromatic hydroxyl groups is 1. The molecule has 1 saturated heterocycles. The molecule has 0 spiro atoms. The normalized spacial score (nSPS) is 21.5. The molecule has 114 valence electrons. The highest BCUT2D eigenvalue weighted by atomic mass is 79.9. The summed E-state index contributed by atoms with van der Waals surface area (Å²) in [5, 5.41) is 19.3. The fraction of sp³-hybridized carbons (Fsp3) is 0.467. The van der Waals surface area contributed by atoms with Gasteiger partial charge in [-0.15, -0.1) is 0 Å². The number of carbonyl (C=O) groups excluding carboxylic acids is 1. The van der Waals surface area contributed by atoms with Crippen molar-refractivity contribution in [3.63, 3.8) is 0 Å². The quantitative estimate of drug-likeness (QED) is 0.869. The number of amides is 1. The Balaban J connectivity index is 2.36. The minimum absolute atomic E-state index is 0.0311. The van der Waals surface area contributed by atoms with Crippen LogP contribution in [0.5, 0.6) is 5.75 Å². The van der Waals surface area contributed by atoms with Gasteiger partial charge in [0.2, 0.25) is 0 Å². The molecule has 1 amide bonds. The van der Waals surface area contributed by atoms with Crippen molar-refractivity contribution < 1.29 is 19.8 Å². The molecular weight excluding hydrogens is 338 g/mol. The number of likely N-dealkylation sites (tertiary alicyclic amines) is 1. The summed E-state index contributed by atoms with van der Waals surface area (Å²) >= 11 is 3.16. The van der Waals surface area contributed by atoms with E-state index in [4.69, 9.17) is 0 Å². The molecule has 1 aromatic rings. The van der Waals surface area contributed by atoms with Crippen LogP contribution in [0.1, 0.15) is 43.0 Å². The molecule has 1 atom stereocenters. The molecule has 0 aromatic heterocycles. The third-order valence-electron chi connectivity index (χ3n) is 3.99. The Kier molecular flexibility index (Phi) is 4.56. The number of carboxylic acid groups (broad SMARTS) is 1. The number of hydrogen-bond donors (Lipinski definition) is 2. The van der Waals surface area contributed by atoms with E-state index in [1.807, 2.05) is 6.92 Å². The number of phenolic OH excluding ortho intramolecular Hbond substituents is 1. The maximum absolute atomic E-state index is 12.6. The minimum atomic E-state index is -1.12. The number of hydrogen-bond acceptors (Lipinski definition) is 3. The first-order valence-corrected chi connectivity index (χ1v) is 7.75. The Bertz CT molecular complexity index is 575. The van der Waals surface area contributed by atoms with Gasteiger partial charge in [-0.2, -0.15) is 0 Å². The van der Waals surface area contributed by atoms with E-state index >= 15 is 0 Å². The van der Waals surface area contributed by atoms with Crippen molar-refractivity contribution in [1.29, 1.82) is 0 Å². The molecule has 21 heavy (non-hydrogen) atoms. The lowest BCUT2D eigenvalue weighted by Crippen LogP contribution is -2.53. The van der Waals surface area contributed by atoms with E-state index in [9.17, 15) is 19.8 Å². The van der Waals surface area contributed by atoms with Gasteiger partial charge in [0.05, 0.1) is 4.47 Å². The lowest BCUT2D eigenvalue weighted by molar-refractivity contribution is -0.148. The second-order valence-electron chi connectivity index (χ2n) is 5.31. The number of benzene rings is 1. The number of rotatable bonds is 4. The number of phenols is 1. The van der Waals surface area contributed by atoms with Gasteiger partial charge in [-0.05, 0) is 53.4 Å². The van der Waals surface area contributed by atoms with Gasteiger partial charge in [0.1, 0.15) is 11.3 Å². The molecule has 1 aromatic carbocycles. The highest BCUT2D eigenvalue weighted by Crippen LogP contribution is 2.36. The Morgan fingerprint density at radius 3 is 2.71 bits per heavy atom. The van der Waals surface area contributed by atoms with Crippen LogP contribution in [-0.2, 0) is 4.79 Å². The van der Waals surface area contributed by atoms with Gasteiger partial charge < -0.3 is 15.1 Å². The van der Waals surface area contributed by atoms with E-state index in [2.05, 4.69) is 15.9 Å². The second kappa shape index (κ2) is 6.05. The van der Waals surface area contributed by atoms with E-state index in [-0.39, 0.29) is 11.7 Å². The van der Waals surface area contributed by atoms with Gasteiger partial charge in [0.15, 0.2) is 0 Å². The maximum Gasteiger partial charge on any atom is 0.329 e. The zero-order chi connectivity index (χ0) is 15.6. The summed E-state index contributed by atoms with van der Waals surface area (Å²) in [6.07, 6.45) is 2.29.